The predicted molar refractivity (Wildman–Crippen MR) is 134 cm³/mol. The Kier molecular flexibility index (Phi) is 8.37. The molecular formula is C26H32FN5O4. The lowest BCUT2D eigenvalue weighted by molar-refractivity contribution is -0.145. The summed E-state index contributed by atoms with van der Waals surface area (Å²) in [7, 11) is 0. The summed E-state index contributed by atoms with van der Waals surface area (Å²) in [6, 6.07) is 12.5. The summed E-state index contributed by atoms with van der Waals surface area (Å²) in [5.41, 5.74) is 1.55. The van der Waals surface area contributed by atoms with Gasteiger partial charge in [-0.15, -0.1) is 0 Å². The van der Waals surface area contributed by atoms with E-state index in [0.717, 1.165) is 5.69 Å². The molecule has 3 amide bonds. The second-order valence-electron chi connectivity index (χ2n) is 8.84. The number of benzene rings is 2. The molecule has 0 bridgehead atoms. The van der Waals surface area contributed by atoms with Gasteiger partial charge >= 0.3 is 0 Å². The van der Waals surface area contributed by atoms with Crippen molar-refractivity contribution in [2.75, 3.05) is 62.6 Å². The minimum Gasteiger partial charge on any atom is -0.494 e. The van der Waals surface area contributed by atoms with Crippen molar-refractivity contribution in [3.05, 3.63) is 54.3 Å². The van der Waals surface area contributed by atoms with Crippen LogP contribution >= 0.6 is 0 Å². The van der Waals surface area contributed by atoms with Crippen molar-refractivity contribution in [2.45, 2.75) is 19.4 Å². The molecule has 0 aromatic heterocycles. The van der Waals surface area contributed by atoms with E-state index in [0.29, 0.717) is 57.3 Å². The highest BCUT2D eigenvalue weighted by molar-refractivity contribution is 5.97. The molecule has 0 saturated carbocycles. The zero-order chi connectivity index (χ0) is 25.5. The van der Waals surface area contributed by atoms with E-state index in [9.17, 15) is 18.8 Å². The van der Waals surface area contributed by atoms with Crippen molar-refractivity contribution < 1.29 is 23.5 Å². The first-order valence-electron chi connectivity index (χ1n) is 12.3. The van der Waals surface area contributed by atoms with E-state index in [1.54, 1.807) is 36.4 Å². The number of amides is 3. The molecule has 2 saturated heterocycles. The van der Waals surface area contributed by atoms with Gasteiger partial charge < -0.3 is 25.2 Å². The van der Waals surface area contributed by atoms with Crippen molar-refractivity contribution in [3.63, 3.8) is 0 Å². The lowest BCUT2D eigenvalue weighted by Gasteiger charge is -2.39. The number of hydrogen-bond acceptors (Lipinski definition) is 6. The molecule has 2 aliphatic heterocycles. The summed E-state index contributed by atoms with van der Waals surface area (Å²) >= 11 is 0. The monoisotopic (exact) mass is 497 g/mol. The van der Waals surface area contributed by atoms with E-state index in [4.69, 9.17) is 4.74 Å². The van der Waals surface area contributed by atoms with Gasteiger partial charge in [0.05, 0.1) is 19.6 Å². The van der Waals surface area contributed by atoms with Crippen LogP contribution in [0.1, 0.15) is 13.3 Å². The number of carbonyl (C=O) groups is 3. The normalized spacial score (nSPS) is 18.5. The molecule has 36 heavy (non-hydrogen) atoms. The molecular weight excluding hydrogens is 465 g/mol. The first-order valence-corrected chi connectivity index (χ1v) is 12.3. The van der Waals surface area contributed by atoms with Gasteiger partial charge in [-0.2, -0.15) is 0 Å². The number of halogens is 1. The second-order valence-corrected chi connectivity index (χ2v) is 8.84. The Labute approximate surface area is 210 Å². The van der Waals surface area contributed by atoms with Crippen molar-refractivity contribution in [1.29, 1.82) is 0 Å². The highest BCUT2D eigenvalue weighted by Crippen LogP contribution is 2.19. The van der Waals surface area contributed by atoms with Crippen LogP contribution in [-0.2, 0) is 14.4 Å². The lowest BCUT2D eigenvalue weighted by Crippen LogP contribution is -2.60. The maximum Gasteiger partial charge on any atom is 0.243 e. The number of carbonyl (C=O) groups excluding carboxylic acids is 3. The third-order valence-corrected chi connectivity index (χ3v) is 6.40. The fraction of sp³-hybridized carbons (Fsp3) is 0.423. The SMILES string of the molecule is CCOc1ccc(NC(=O)C[C@H]2C(=O)NCCN2C(=O)CN2CCN(c3ccc(F)cc3)CC2)cc1. The minimum absolute atomic E-state index is 0.122. The molecule has 2 aliphatic rings. The standard InChI is InChI=1S/C26H32FN5O4/c1-2-36-22-9-5-20(6-10-22)29-24(33)17-23-26(35)28-11-12-32(23)25(34)18-30-13-15-31(16-14-30)21-7-3-19(27)4-8-21/h3-10,23H,2,11-18H2,1H3,(H,28,35)(H,29,33)/t23-/m0/s1. The van der Waals surface area contributed by atoms with Crippen LogP contribution in [0.5, 0.6) is 5.75 Å². The third-order valence-electron chi connectivity index (χ3n) is 6.40. The average molecular weight is 498 g/mol. The van der Waals surface area contributed by atoms with Gasteiger partial charge in [0.15, 0.2) is 0 Å². The van der Waals surface area contributed by atoms with Crippen molar-refractivity contribution >= 4 is 29.1 Å². The van der Waals surface area contributed by atoms with Gasteiger partial charge in [0, 0.05) is 50.6 Å². The molecule has 0 spiro atoms. The number of ether oxygens (including phenoxy) is 1. The fourth-order valence-corrected chi connectivity index (χ4v) is 4.50. The highest BCUT2D eigenvalue weighted by atomic mass is 19.1. The summed E-state index contributed by atoms with van der Waals surface area (Å²) in [6.07, 6.45) is -0.122. The molecule has 2 aromatic rings. The van der Waals surface area contributed by atoms with Crippen molar-refractivity contribution in [3.8, 4) is 5.75 Å². The highest BCUT2D eigenvalue weighted by Gasteiger charge is 2.35. The molecule has 10 heteroatoms. The van der Waals surface area contributed by atoms with Gasteiger partial charge in [-0.05, 0) is 55.5 Å². The van der Waals surface area contributed by atoms with Gasteiger partial charge in [0.25, 0.3) is 0 Å². The molecule has 192 valence electrons. The first kappa shape index (κ1) is 25.4. The summed E-state index contributed by atoms with van der Waals surface area (Å²) < 4.78 is 18.6. The van der Waals surface area contributed by atoms with Crippen LogP contribution in [0.2, 0.25) is 0 Å². The minimum atomic E-state index is -0.852. The van der Waals surface area contributed by atoms with Crippen LogP contribution in [0.4, 0.5) is 15.8 Å². The molecule has 0 radical (unpaired) electrons. The largest absolute Gasteiger partial charge is 0.494 e. The average Bonchev–Trinajstić information content (AvgIpc) is 2.87. The van der Waals surface area contributed by atoms with E-state index in [1.807, 2.05) is 11.8 Å². The van der Waals surface area contributed by atoms with Crippen LogP contribution < -0.4 is 20.3 Å². The van der Waals surface area contributed by atoms with Gasteiger partial charge in [-0.3, -0.25) is 19.3 Å². The Morgan fingerprint density at radius 1 is 1.03 bits per heavy atom. The second kappa shape index (κ2) is 11.9. The van der Waals surface area contributed by atoms with Gasteiger partial charge in [0.2, 0.25) is 17.7 Å². The van der Waals surface area contributed by atoms with E-state index in [-0.39, 0.29) is 36.5 Å². The molecule has 0 unspecified atom stereocenters. The van der Waals surface area contributed by atoms with Crippen LogP contribution in [0.3, 0.4) is 0 Å². The molecule has 0 aliphatic carbocycles. The molecule has 9 nitrogen and oxygen atoms in total. The number of piperazine rings is 2. The van der Waals surface area contributed by atoms with Crippen LogP contribution in [0.25, 0.3) is 0 Å². The number of hydrogen-bond donors (Lipinski definition) is 2. The molecule has 2 aromatic carbocycles. The molecule has 1 atom stereocenters. The Hall–Kier alpha value is -3.66. The zero-order valence-corrected chi connectivity index (χ0v) is 20.4. The van der Waals surface area contributed by atoms with Crippen molar-refractivity contribution in [2.24, 2.45) is 0 Å². The Morgan fingerprint density at radius 3 is 2.39 bits per heavy atom. The van der Waals surface area contributed by atoms with E-state index in [2.05, 4.69) is 15.5 Å². The number of anilines is 2. The maximum atomic E-state index is 13.2. The predicted octanol–water partition coefficient (Wildman–Crippen LogP) is 1.70. The summed E-state index contributed by atoms with van der Waals surface area (Å²) in [5.74, 6) is -0.392. The third kappa shape index (κ3) is 6.51. The molecule has 2 heterocycles. The van der Waals surface area contributed by atoms with E-state index < -0.39 is 6.04 Å². The van der Waals surface area contributed by atoms with Gasteiger partial charge in [-0.1, -0.05) is 0 Å². The first-order chi connectivity index (χ1) is 17.4. The summed E-state index contributed by atoms with van der Waals surface area (Å²) in [4.78, 5) is 44.1. The van der Waals surface area contributed by atoms with E-state index >= 15 is 0 Å². The quantitative estimate of drug-likeness (QED) is 0.577. The molecule has 4 rings (SSSR count). The van der Waals surface area contributed by atoms with Gasteiger partial charge in [-0.25, -0.2) is 4.39 Å². The molecule has 2 N–H and O–H groups in total. The molecule has 2 fully saturated rings. The number of nitrogens with zero attached hydrogens (tertiary/aromatic N) is 3. The Bertz CT molecular complexity index is 1060. The smallest absolute Gasteiger partial charge is 0.243 e. The van der Waals surface area contributed by atoms with Gasteiger partial charge in [0.1, 0.15) is 17.6 Å². The van der Waals surface area contributed by atoms with E-state index in [1.165, 1.54) is 17.0 Å². The lowest BCUT2D eigenvalue weighted by atomic mass is 10.1. The van der Waals surface area contributed by atoms with Crippen molar-refractivity contribution in [1.82, 2.24) is 15.1 Å². The number of nitrogens with one attached hydrogen (secondary N) is 2. The Morgan fingerprint density at radius 2 is 1.72 bits per heavy atom. The topological polar surface area (TPSA) is 94.2 Å². The van der Waals surface area contributed by atoms with Crippen LogP contribution in [-0.4, -0.2) is 86.0 Å². The zero-order valence-electron chi connectivity index (χ0n) is 20.4. The Balaban J connectivity index is 1.30. The maximum absolute atomic E-state index is 13.2. The van der Waals surface area contributed by atoms with Crippen LogP contribution in [0.15, 0.2) is 48.5 Å². The van der Waals surface area contributed by atoms with Crippen LogP contribution in [0, 0.1) is 5.82 Å². The number of rotatable bonds is 8. The summed E-state index contributed by atoms with van der Waals surface area (Å²) in [5, 5.41) is 5.55. The summed E-state index contributed by atoms with van der Waals surface area (Å²) in [6.45, 7) is 6.13. The fourth-order valence-electron chi connectivity index (χ4n) is 4.50.